The fourth-order valence-corrected chi connectivity index (χ4v) is 8.60. The molecule has 0 saturated heterocycles. The van der Waals surface area contributed by atoms with Gasteiger partial charge in [-0.1, -0.05) is 114 Å². The SMILES string of the molecule is CCCCC/C=C\C\C=C/C=C/C=C/[C@@H](SC[C@H](N)C(=O)O[C@H](COC(=O)CCCCCCCCc1oc(CCCCC)c(C)c1C)COP(=O)(O)OCC[N+](C)(C)C)[C@@H](O)CCCC(=O)O. The molecule has 0 aliphatic rings. The van der Waals surface area contributed by atoms with Crippen LogP contribution in [0.1, 0.15) is 152 Å². The van der Waals surface area contributed by atoms with E-state index in [1.165, 1.54) is 55.0 Å². The van der Waals surface area contributed by atoms with Gasteiger partial charge in [-0.05, 0) is 76.3 Å². The molecule has 5 N–H and O–H groups in total. The van der Waals surface area contributed by atoms with Crippen LogP contribution >= 0.6 is 19.6 Å². The maximum atomic E-state index is 13.3. The lowest BCUT2D eigenvalue weighted by molar-refractivity contribution is -0.870. The molecule has 0 bridgehead atoms. The second kappa shape index (κ2) is 36.9. The van der Waals surface area contributed by atoms with E-state index >= 15 is 0 Å². The monoisotopic (exact) mass is 984 g/mol. The Kier molecular flexibility index (Phi) is 34.2. The third-order valence-corrected chi connectivity index (χ3v) is 13.5. The molecule has 0 spiro atoms. The fourth-order valence-electron chi connectivity index (χ4n) is 6.73. The molecule has 1 heterocycles. The number of aliphatic carboxylic acids is 1. The molecule has 1 rings (SSSR count). The van der Waals surface area contributed by atoms with Crippen LogP contribution in [0.2, 0.25) is 0 Å². The summed E-state index contributed by atoms with van der Waals surface area (Å²) in [5.74, 6) is -0.0956. The molecule has 0 aromatic carbocycles. The van der Waals surface area contributed by atoms with Crippen LogP contribution in [0.25, 0.3) is 0 Å². The topological polar surface area (TPSA) is 205 Å². The minimum absolute atomic E-state index is 0.0142. The minimum atomic E-state index is -4.56. The highest BCUT2D eigenvalue weighted by atomic mass is 32.2. The number of furan rings is 1. The molecular formula is C51H88N2O12PS+. The average molecular weight is 984 g/mol. The van der Waals surface area contributed by atoms with Gasteiger partial charge in [0.2, 0.25) is 0 Å². The Bertz CT molecular complexity index is 1690. The summed E-state index contributed by atoms with van der Waals surface area (Å²) in [6.07, 6.45) is 30.5. The van der Waals surface area contributed by atoms with Gasteiger partial charge in [-0.3, -0.25) is 23.4 Å². The molecule has 0 saturated carbocycles. The highest BCUT2D eigenvalue weighted by Crippen LogP contribution is 2.43. The lowest BCUT2D eigenvalue weighted by atomic mass is 10.0. The Labute approximate surface area is 407 Å². The summed E-state index contributed by atoms with van der Waals surface area (Å²) in [5.41, 5.74) is 8.81. The van der Waals surface area contributed by atoms with Gasteiger partial charge in [0.1, 0.15) is 37.3 Å². The van der Waals surface area contributed by atoms with Crippen molar-refractivity contribution in [2.24, 2.45) is 5.73 Å². The number of esters is 2. The number of likely N-dealkylation sites (N-methyl/N-ethyl adjacent to an activating group) is 1. The van der Waals surface area contributed by atoms with Gasteiger partial charge in [0, 0.05) is 36.7 Å². The summed E-state index contributed by atoms with van der Waals surface area (Å²) in [6, 6.07) is -1.19. The van der Waals surface area contributed by atoms with Gasteiger partial charge in [0.25, 0.3) is 0 Å². The van der Waals surface area contributed by atoms with Crippen LogP contribution in [-0.4, -0.2) is 114 Å². The number of phosphoric acid groups is 1. The van der Waals surface area contributed by atoms with E-state index in [2.05, 4.69) is 39.8 Å². The number of carbonyl (C=O) groups excluding carboxylic acids is 2. The quantitative estimate of drug-likeness (QED) is 0.0120. The van der Waals surface area contributed by atoms with Crippen LogP contribution in [0.4, 0.5) is 0 Å². The number of carbonyl (C=O) groups is 3. The van der Waals surface area contributed by atoms with Crippen molar-refractivity contribution in [1.29, 1.82) is 0 Å². The van der Waals surface area contributed by atoms with E-state index in [0.29, 0.717) is 17.4 Å². The molecule has 384 valence electrons. The molecule has 1 aromatic rings. The van der Waals surface area contributed by atoms with Gasteiger partial charge in [-0.25, -0.2) is 4.57 Å². The van der Waals surface area contributed by atoms with Crippen molar-refractivity contribution in [3.63, 3.8) is 0 Å². The Morgan fingerprint density at radius 3 is 2.07 bits per heavy atom. The third kappa shape index (κ3) is 32.4. The molecule has 5 atom stereocenters. The zero-order valence-corrected chi connectivity index (χ0v) is 43.7. The van der Waals surface area contributed by atoms with Gasteiger partial charge < -0.3 is 39.2 Å². The number of carboxylic acid groups (broad SMARTS) is 1. The summed E-state index contributed by atoms with van der Waals surface area (Å²) in [4.78, 5) is 47.5. The molecule has 1 aromatic heterocycles. The van der Waals surface area contributed by atoms with Gasteiger partial charge in [-0.15, -0.1) is 11.8 Å². The van der Waals surface area contributed by atoms with Crippen molar-refractivity contribution < 1.29 is 61.5 Å². The maximum absolute atomic E-state index is 13.3. The van der Waals surface area contributed by atoms with Crippen LogP contribution in [0.3, 0.4) is 0 Å². The van der Waals surface area contributed by atoms with E-state index < -0.39 is 62.4 Å². The standard InChI is InChI=1S/C51H87N2O12PS/c1-8-10-12-13-14-15-16-17-18-19-23-27-33-48(45(54)30-29-34-49(55)56)67-40-44(52)51(58)64-43(39-63-66(59,60)62-37-36-53(5,6)7)38-61-50(57)35-28-24-21-20-22-26-32-47-42(4)41(3)46(65-47)31-25-11-9-2/h14-15,17-19,23,27,33,43-45,48,54H,8-13,16,20-22,24-26,28-32,34-40,52H2,1-7H3,(H-,55,56,59,60)/p+1/b15-14-,18-17-,23-19+,33-27+/t43-,44+,45+,48-/m1/s1. The number of carboxylic acids is 1. The van der Waals surface area contributed by atoms with Crippen molar-refractivity contribution in [2.75, 3.05) is 53.3 Å². The molecule has 0 fully saturated rings. The van der Waals surface area contributed by atoms with E-state index in [1.54, 1.807) is 12.2 Å². The van der Waals surface area contributed by atoms with Crippen molar-refractivity contribution in [2.45, 2.75) is 180 Å². The number of aryl methyl sites for hydroxylation is 2. The predicted octanol–water partition coefficient (Wildman–Crippen LogP) is 10.4. The summed E-state index contributed by atoms with van der Waals surface area (Å²) in [6.45, 7) is 8.01. The van der Waals surface area contributed by atoms with E-state index in [1.807, 2.05) is 45.4 Å². The number of aliphatic hydroxyl groups excluding tert-OH is 1. The maximum Gasteiger partial charge on any atom is 0.472 e. The molecule has 0 amide bonds. The van der Waals surface area contributed by atoms with Gasteiger partial charge >= 0.3 is 25.7 Å². The highest BCUT2D eigenvalue weighted by molar-refractivity contribution is 8.00. The van der Waals surface area contributed by atoms with Crippen LogP contribution in [0.15, 0.2) is 53.0 Å². The highest BCUT2D eigenvalue weighted by Gasteiger charge is 2.29. The number of hydrogen-bond donors (Lipinski definition) is 4. The lowest BCUT2D eigenvalue weighted by Crippen LogP contribution is -2.40. The van der Waals surface area contributed by atoms with E-state index in [4.69, 9.17) is 33.8 Å². The molecule has 0 radical (unpaired) electrons. The molecule has 67 heavy (non-hydrogen) atoms. The zero-order valence-electron chi connectivity index (χ0n) is 42.0. The zero-order chi connectivity index (χ0) is 49.9. The van der Waals surface area contributed by atoms with Gasteiger partial charge in [-0.2, -0.15) is 0 Å². The number of nitrogens with two attached hydrogens (primary N) is 1. The van der Waals surface area contributed by atoms with Crippen molar-refractivity contribution in [3.8, 4) is 0 Å². The normalized spacial score (nSPS) is 15.1. The number of aliphatic hydroxyl groups is 1. The van der Waals surface area contributed by atoms with Crippen molar-refractivity contribution in [1.82, 2.24) is 0 Å². The second-order valence-electron chi connectivity index (χ2n) is 18.3. The Morgan fingerprint density at radius 1 is 0.791 bits per heavy atom. The lowest BCUT2D eigenvalue weighted by Gasteiger charge is -2.25. The fraction of sp³-hybridized carbons (Fsp3) is 0.706. The number of ether oxygens (including phenoxy) is 2. The third-order valence-electron chi connectivity index (χ3n) is 11.1. The van der Waals surface area contributed by atoms with Crippen LogP contribution < -0.4 is 5.73 Å². The first-order valence-electron chi connectivity index (χ1n) is 24.7. The van der Waals surface area contributed by atoms with Gasteiger partial charge in [0.05, 0.1) is 33.9 Å². The van der Waals surface area contributed by atoms with E-state index in [0.717, 1.165) is 75.7 Å². The number of rotatable bonds is 41. The predicted molar refractivity (Wildman–Crippen MR) is 270 cm³/mol. The number of hydrogen-bond acceptors (Lipinski definition) is 12. The second-order valence-corrected chi connectivity index (χ2v) is 21.0. The van der Waals surface area contributed by atoms with Crippen LogP contribution in [-0.2, 0) is 50.3 Å². The number of thioether (sulfide) groups is 1. The molecule has 1 unspecified atom stereocenters. The van der Waals surface area contributed by atoms with Crippen molar-refractivity contribution >= 4 is 37.5 Å². The molecule has 14 nitrogen and oxygen atoms in total. The first kappa shape index (κ1) is 62.0. The Balaban J connectivity index is 2.79. The largest absolute Gasteiger partial charge is 0.481 e. The molecule has 0 aliphatic carbocycles. The number of nitrogens with zero attached hydrogens (tertiary/aromatic N) is 1. The number of unbranched alkanes of at least 4 members (excludes halogenated alkanes) is 10. The Morgan fingerprint density at radius 2 is 1.42 bits per heavy atom. The first-order valence-corrected chi connectivity index (χ1v) is 27.2. The van der Waals surface area contributed by atoms with Crippen LogP contribution in [0, 0.1) is 13.8 Å². The number of phosphoric ester groups is 1. The van der Waals surface area contributed by atoms with E-state index in [9.17, 15) is 28.9 Å². The average Bonchev–Trinajstić information content (AvgIpc) is 3.53. The summed E-state index contributed by atoms with van der Waals surface area (Å²) < 4.78 is 40.7. The smallest absolute Gasteiger partial charge is 0.472 e. The van der Waals surface area contributed by atoms with Crippen LogP contribution in [0.5, 0.6) is 0 Å². The number of allylic oxidation sites excluding steroid dienone is 7. The summed E-state index contributed by atoms with van der Waals surface area (Å²) in [5, 5.41) is 19.5. The molecular weight excluding hydrogens is 896 g/mol. The minimum Gasteiger partial charge on any atom is -0.481 e. The summed E-state index contributed by atoms with van der Waals surface area (Å²) >= 11 is 1.20. The summed E-state index contributed by atoms with van der Waals surface area (Å²) in [7, 11) is 1.15. The number of quaternary nitrogens is 1. The van der Waals surface area contributed by atoms with E-state index in [-0.39, 0.29) is 38.0 Å². The van der Waals surface area contributed by atoms with Gasteiger partial charge in [0.15, 0.2) is 6.10 Å². The molecule has 0 aliphatic heterocycles. The molecule has 16 heteroatoms. The first-order chi connectivity index (χ1) is 31.9. The van der Waals surface area contributed by atoms with Crippen molar-refractivity contribution in [3.05, 3.63) is 71.3 Å². The Hall–Kier alpha value is -3.01.